The average Bonchev–Trinajstić information content (AvgIpc) is 3.30. The third-order valence-corrected chi connectivity index (χ3v) is 14.7. The van der Waals surface area contributed by atoms with Crippen LogP contribution in [0.5, 0.6) is 0 Å². The zero-order chi connectivity index (χ0) is 48.9. The maximum Gasteiger partial charge on any atom is 0.305 e. The third-order valence-electron chi connectivity index (χ3n) is 14.7. The highest BCUT2D eigenvalue weighted by Crippen LogP contribution is 2.60. The fraction of sp³-hybridized carbons (Fsp3) is 0.914. The van der Waals surface area contributed by atoms with E-state index >= 15 is 0 Å². The van der Waals surface area contributed by atoms with E-state index in [1.165, 1.54) is 96.3 Å². The highest BCUT2D eigenvalue weighted by atomic mass is 16.7. The van der Waals surface area contributed by atoms with Crippen LogP contribution in [0.2, 0.25) is 0 Å². The molecule has 0 aromatic rings. The Balaban J connectivity index is 2.00. The van der Waals surface area contributed by atoms with Gasteiger partial charge in [-0.1, -0.05) is 163 Å². The molecule has 0 N–H and O–H groups in total. The number of allylic oxidation sites excluding steroid dienone is 2. The van der Waals surface area contributed by atoms with E-state index in [0.717, 1.165) is 110 Å². The van der Waals surface area contributed by atoms with Crippen molar-refractivity contribution in [3.05, 3.63) is 12.2 Å². The van der Waals surface area contributed by atoms with Gasteiger partial charge in [-0.15, -0.1) is 0 Å². The van der Waals surface area contributed by atoms with Crippen LogP contribution in [0.4, 0.5) is 0 Å². The molecule has 0 amide bonds. The molecule has 2 fully saturated rings. The average molecular weight is 946 g/mol. The summed E-state index contributed by atoms with van der Waals surface area (Å²) in [6.45, 7) is 20.8. The van der Waals surface area contributed by atoms with Gasteiger partial charge in [-0.2, -0.15) is 0 Å². The quantitative estimate of drug-likeness (QED) is 0.0194. The lowest BCUT2D eigenvalue weighted by atomic mass is 9.49. The number of esters is 3. The Morgan fingerprint density at radius 3 is 1.43 bits per heavy atom. The molecule has 2 bridgehead atoms. The molecular formula is C58H107NO8. The topological polar surface area (TPSA) is 101 Å². The molecule has 0 heterocycles. The van der Waals surface area contributed by atoms with Gasteiger partial charge >= 0.3 is 17.9 Å². The summed E-state index contributed by atoms with van der Waals surface area (Å²) >= 11 is 0. The Kier molecular flexibility index (Phi) is 34.5. The number of fused-ring (bicyclic) bond motifs is 2. The molecule has 0 aromatic heterocycles. The van der Waals surface area contributed by atoms with Gasteiger partial charge in [0.25, 0.3) is 0 Å². The Hall–Kier alpha value is -1.97. The lowest BCUT2D eigenvalue weighted by Gasteiger charge is -2.57. The molecule has 9 nitrogen and oxygen atoms in total. The summed E-state index contributed by atoms with van der Waals surface area (Å²) in [4.78, 5) is 42.1. The van der Waals surface area contributed by atoms with Crippen LogP contribution in [0.15, 0.2) is 12.2 Å². The minimum Gasteiger partial charge on any atom is -0.465 e. The molecule has 2 rings (SSSR count). The van der Waals surface area contributed by atoms with Crippen molar-refractivity contribution in [3.63, 3.8) is 0 Å². The van der Waals surface area contributed by atoms with E-state index in [9.17, 15) is 14.4 Å². The van der Waals surface area contributed by atoms with E-state index < -0.39 is 6.29 Å². The Labute approximate surface area is 413 Å². The van der Waals surface area contributed by atoms with Crippen molar-refractivity contribution in [2.24, 2.45) is 22.2 Å². The summed E-state index contributed by atoms with van der Waals surface area (Å²) in [5, 5.41) is 0. The number of hydrogen-bond donors (Lipinski definition) is 0. The number of carbonyl (C=O) groups excluding carboxylic acids is 3. The molecule has 2 saturated carbocycles. The van der Waals surface area contributed by atoms with E-state index in [2.05, 4.69) is 65.5 Å². The van der Waals surface area contributed by atoms with Gasteiger partial charge < -0.3 is 28.6 Å². The van der Waals surface area contributed by atoms with E-state index in [-0.39, 0.29) is 40.6 Å². The van der Waals surface area contributed by atoms with E-state index in [1.807, 2.05) is 0 Å². The van der Waals surface area contributed by atoms with Gasteiger partial charge in [-0.25, -0.2) is 0 Å². The molecule has 2 aliphatic carbocycles. The second-order valence-electron chi connectivity index (χ2n) is 21.9. The number of rotatable bonds is 44. The fourth-order valence-electron chi connectivity index (χ4n) is 11.3. The summed E-state index contributed by atoms with van der Waals surface area (Å²) in [5.74, 6) is -0.105. The van der Waals surface area contributed by atoms with Gasteiger partial charge in [0.05, 0.1) is 26.2 Å². The van der Waals surface area contributed by atoms with Crippen LogP contribution in [-0.4, -0.2) is 81.8 Å². The molecule has 392 valence electrons. The summed E-state index contributed by atoms with van der Waals surface area (Å²) in [6.07, 6.45) is 38.6. The van der Waals surface area contributed by atoms with Crippen molar-refractivity contribution in [2.75, 3.05) is 52.7 Å². The minimum atomic E-state index is -0.411. The first kappa shape index (κ1) is 61.2. The van der Waals surface area contributed by atoms with Crippen molar-refractivity contribution in [2.45, 2.75) is 267 Å². The maximum atomic E-state index is 13.6. The fourth-order valence-corrected chi connectivity index (χ4v) is 11.3. The molecule has 4 atom stereocenters. The van der Waals surface area contributed by atoms with E-state index in [0.29, 0.717) is 58.2 Å². The van der Waals surface area contributed by atoms with Gasteiger partial charge in [-0.05, 0) is 109 Å². The molecule has 9 heteroatoms. The first-order chi connectivity index (χ1) is 32.4. The normalized spacial score (nSPS) is 21.7. The predicted molar refractivity (Wildman–Crippen MR) is 277 cm³/mol. The number of hydrogen-bond acceptors (Lipinski definition) is 9. The van der Waals surface area contributed by atoms with Crippen LogP contribution < -0.4 is 0 Å². The Bertz CT molecular complexity index is 1270. The molecular weight excluding hydrogens is 839 g/mol. The monoisotopic (exact) mass is 946 g/mol. The first-order valence-electron chi connectivity index (χ1n) is 28.5. The molecule has 0 spiro atoms. The van der Waals surface area contributed by atoms with Crippen molar-refractivity contribution >= 4 is 17.9 Å². The van der Waals surface area contributed by atoms with Crippen LogP contribution >= 0.6 is 0 Å². The van der Waals surface area contributed by atoms with E-state index in [1.54, 1.807) is 0 Å². The van der Waals surface area contributed by atoms with Crippen molar-refractivity contribution in [1.82, 2.24) is 4.90 Å². The SMILES string of the molecule is CCCCCC/C=C\CCCCCCCC(=O)OCC1(C)CC2CC(C)(COC(=O)CCCN(CC)CC)CC(COC(=O)CCC(OCCCCCCCC)OCCCCCCCC)(C2)C1. The molecule has 0 saturated heterocycles. The molecule has 0 aromatic carbocycles. The van der Waals surface area contributed by atoms with Crippen LogP contribution in [-0.2, 0) is 38.1 Å². The maximum absolute atomic E-state index is 13.6. The molecule has 67 heavy (non-hydrogen) atoms. The van der Waals surface area contributed by atoms with Gasteiger partial charge in [0, 0.05) is 48.7 Å². The van der Waals surface area contributed by atoms with Gasteiger partial charge in [0.15, 0.2) is 6.29 Å². The van der Waals surface area contributed by atoms with Crippen LogP contribution in [0, 0.1) is 22.2 Å². The highest BCUT2D eigenvalue weighted by molar-refractivity contribution is 5.70. The Morgan fingerprint density at radius 2 is 0.925 bits per heavy atom. The lowest BCUT2D eigenvalue weighted by Crippen LogP contribution is -2.52. The van der Waals surface area contributed by atoms with Crippen molar-refractivity contribution in [1.29, 1.82) is 0 Å². The van der Waals surface area contributed by atoms with Crippen molar-refractivity contribution in [3.8, 4) is 0 Å². The zero-order valence-corrected chi connectivity index (χ0v) is 45.0. The molecule has 0 radical (unpaired) electrons. The lowest BCUT2D eigenvalue weighted by molar-refractivity contribution is -0.172. The Morgan fingerprint density at radius 1 is 0.507 bits per heavy atom. The number of ether oxygens (including phenoxy) is 5. The van der Waals surface area contributed by atoms with Crippen molar-refractivity contribution < 1.29 is 38.1 Å². The predicted octanol–water partition coefficient (Wildman–Crippen LogP) is 15.4. The smallest absolute Gasteiger partial charge is 0.305 e. The molecule has 0 aliphatic heterocycles. The number of nitrogens with zero attached hydrogens (tertiary/aromatic N) is 1. The largest absolute Gasteiger partial charge is 0.465 e. The van der Waals surface area contributed by atoms with E-state index in [4.69, 9.17) is 23.7 Å². The zero-order valence-electron chi connectivity index (χ0n) is 45.0. The van der Waals surface area contributed by atoms with Gasteiger partial charge in [0.2, 0.25) is 0 Å². The summed E-state index contributed by atoms with van der Waals surface area (Å²) in [5.41, 5.74) is -0.753. The minimum absolute atomic E-state index is 0.104. The van der Waals surface area contributed by atoms with Gasteiger partial charge in [-0.3, -0.25) is 14.4 Å². The molecule has 2 aliphatic rings. The van der Waals surface area contributed by atoms with Crippen LogP contribution in [0.1, 0.15) is 260 Å². The number of unbranched alkanes of at least 4 members (excludes halogenated alkanes) is 19. The first-order valence-corrected chi connectivity index (χ1v) is 28.5. The summed E-state index contributed by atoms with van der Waals surface area (Å²) in [7, 11) is 0. The van der Waals surface area contributed by atoms with Gasteiger partial charge in [0.1, 0.15) is 0 Å². The standard InChI is InChI=1S/C58H107NO8/c1-8-13-16-19-22-23-24-25-26-27-28-29-32-36-52(60)65-48-56(6)43-51-44-57(7,49-66-53(61)37-35-40-59(11-4)12-5)47-58(45-51,46-56)50-67-54(62)38-39-55(63-41-33-30-20-17-14-9-2)64-42-34-31-21-18-15-10-3/h23-24,51,55H,8-22,25-50H2,1-7H3/b24-23-. The summed E-state index contributed by atoms with van der Waals surface area (Å²) in [6, 6.07) is 0. The van der Waals surface area contributed by atoms with Crippen LogP contribution in [0.3, 0.4) is 0 Å². The second kappa shape index (κ2) is 37.8. The highest BCUT2D eigenvalue weighted by Gasteiger charge is 2.55. The number of carbonyl (C=O) groups is 3. The summed E-state index contributed by atoms with van der Waals surface area (Å²) < 4.78 is 30.9. The second-order valence-corrected chi connectivity index (χ2v) is 21.9. The van der Waals surface area contributed by atoms with Crippen LogP contribution in [0.25, 0.3) is 0 Å². The molecule has 4 unspecified atom stereocenters. The third kappa shape index (κ3) is 29.7.